The molecule has 2 heteroatoms. The highest BCUT2D eigenvalue weighted by molar-refractivity contribution is 4.77. The third-order valence-corrected chi connectivity index (χ3v) is 3.03. The van der Waals surface area contributed by atoms with Crippen LogP contribution in [0.15, 0.2) is 0 Å². The Morgan fingerprint density at radius 1 is 1.14 bits per heavy atom. The van der Waals surface area contributed by atoms with Crippen molar-refractivity contribution in [2.24, 2.45) is 11.8 Å². The number of hydrogen-bond donors (Lipinski definition) is 0. The summed E-state index contributed by atoms with van der Waals surface area (Å²) in [6.45, 7) is 14.5. The first kappa shape index (κ1) is 12.0. The van der Waals surface area contributed by atoms with Crippen LogP contribution in [0, 0.1) is 11.8 Å². The molecule has 0 spiro atoms. The van der Waals surface area contributed by atoms with E-state index in [0.29, 0.717) is 24.0 Å². The average molecular weight is 199 g/mol. The van der Waals surface area contributed by atoms with Crippen molar-refractivity contribution in [3.63, 3.8) is 0 Å². The summed E-state index contributed by atoms with van der Waals surface area (Å²) in [4.78, 5) is 2.54. The lowest BCUT2D eigenvalue weighted by molar-refractivity contribution is 0.0129. The van der Waals surface area contributed by atoms with Crippen molar-refractivity contribution in [2.45, 2.75) is 46.8 Å². The Kier molecular flexibility index (Phi) is 4.39. The Labute approximate surface area is 88.6 Å². The normalized spacial score (nSPS) is 31.1. The fourth-order valence-electron chi connectivity index (χ4n) is 1.92. The van der Waals surface area contributed by atoms with Crippen LogP contribution < -0.4 is 0 Å². The van der Waals surface area contributed by atoms with Crippen molar-refractivity contribution in [1.82, 2.24) is 4.90 Å². The molecule has 0 aliphatic carbocycles. The van der Waals surface area contributed by atoms with Crippen LogP contribution >= 0.6 is 0 Å². The van der Waals surface area contributed by atoms with E-state index in [1.165, 1.54) is 6.54 Å². The summed E-state index contributed by atoms with van der Waals surface area (Å²) in [7, 11) is 0. The molecule has 0 N–H and O–H groups in total. The molecule has 1 heterocycles. The summed E-state index contributed by atoms with van der Waals surface area (Å²) in [5, 5.41) is 0. The molecular formula is C12H25NO. The van der Waals surface area contributed by atoms with E-state index >= 15 is 0 Å². The molecule has 1 aliphatic rings. The topological polar surface area (TPSA) is 12.5 Å². The van der Waals surface area contributed by atoms with Crippen LogP contribution in [0.25, 0.3) is 0 Å². The monoisotopic (exact) mass is 199 g/mol. The first-order chi connectivity index (χ1) is 6.50. The molecule has 2 nitrogen and oxygen atoms in total. The van der Waals surface area contributed by atoms with Gasteiger partial charge in [0.1, 0.15) is 0 Å². The number of hydrogen-bond acceptors (Lipinski definition) is 2. The van der Waals surface area contributed by atoms with Gasteiger partial charge in [-0.1, -0.05) is 20.8 Å². The summed E-state index contributed by atoms with van der Waals surface area (Å²) < 4.78 is 5.92. The van der Waals surface area contributed by atoms with Crippen LogP contribution in [0.4, 0.5) is 0 Å². The summed E-state index contributed by atoms with van der Waals surface area (Å²) in [5.74, 6) is 1.29. The van der Waals surface area contributed by atoms with Gasteiger partial charge in [0, 0.05) is 19.1 Å². The van der Waals surface area contributed by atoms with E-state index in [9.17, 15) is 0 Å². The van der Waals surface area contributed by atoms with Gasteiger partial charge in [-0.25, -0.2) is 0 Å². The van der Waals surface area contributed by atoms with Crippen molar-refractivity contribution in [3.8, 4) is 0 Å². The maximum absolute atomic E-state index is 5.92. The van der Waals surface area contributed by atoms with Crippen LogP contribution in [-0.2, 0) is 4.74 Å². The van der Waals surface area contributed by atoms with Gasteiger partial charge < -0.3 is 4.74 Å². The average Bonchev–Trinajstić information content (AvgIpc) is 2.26. The highest BCUT2D eigenvalue weighted by Crippen LogP contribution is 2.17. The smallest absolute Gasteiger partial charge is 0.0725 e. The molecule has 0 aromatic heterocycles. The lowest BCUT2D eigenvalue weighted by Crippen LogP contribution is -2.39. The molecule has 14 heavy (non-hydrogen) atoms. The van der Waals surface area contributed by atoms with Crippen LogP contribution in [0.5, 0.6) is 0 Å². The third-order valence-electron chi connectivity index (χ3n) is 3.03. The van der Waals surface area contributed by atoms with Crippen molar-refractivity contribution < 1.29 is 4.74 Å². The second-order valence-electron chi connectivity index (χ2n) is 5.27. The molecule has 0 saturated carbocycles. The molecule has 0 radical (unpaired) electrons. The Hall–Kier alpha value is -0.0800. The van der Waals surface area contributed by atoms with Crippen LogP contribution in [0.2, 0.25) is 0 Å². The van der Waals surface area contributed by atoms with E-state index in [-0.39, 0.29) is 0 Å². The quantitative estimate of drug-likeness (QED) is 0.677. The summed E-state index contributed by atoms with van der Waals surface area (Å²) >= 11 is 0. The second-order valence-corrected chi connectivity index (χ2v) is 5.27. The van der Waals surface area contributed by atoms with E-state index < -0.39 is 0 Å². The molecule has 1 fully saturated rings. The number of rotatable bonds is 2. The van der Waals surface area contributed by atoms with E-state index in [2.05, 4.69) is 39.5 Å². The number of ether oxygens (including phenoxy) is 1. The van der Waals surface area contributed by atoms with Crippen LogP contribution in [0.1, 0.15) is 34.6 Å². The molecule has 1 aliphatic heterocycles. The Morgan fingerprint density at radius 2 is 1.79 bits per heavy atom. The van der Waals surface area contributed by atoms with Crippen molar-refractivity contribution in [2.75, 3.05) is 19.7 Å². The molecule has 1 rings (SSSR count). The van der Waals surface area contributed by atoms with Crippen molar-refractivity contribution >= 4 is 0 Å². The highest BCUT2D eigenvalue weighted by atomic mass is 16.5. The minimum Gasteiger partial charge on any atom is -0.376 e. The van der Waals surface area contributed by atoms with Crippen molar-refractivity contribution in [1.29, 1.82) is 0 Å². The fraction of sp³-hybridized carbons (Fsp3) is 1.00. The molecule has 0 unspecified atom stereocenters. The zero-order chi connectivity index (χ0) is 10.7. The largest absolute Gasteiger partial charge is 0.376 e. The molecule has 1 saturated heterocycles. The van der Waals surface area contributed by atoms with E-state index in [1.54, 1.807) is 0 Å². The molecule has 2 atom stereocenters. The first-order valence-electron chi connectivity index (χ1n) is 5.86. The first-order valence-corrected chi connectivity index (χ1v) is 5.86. The molecule has 0 bridgehead atoms. The van der Waals surface area contributed by atoms with Gasteiger partial charge in [-0.15, -0.1) is 0 Å². The maximum atomic E-state index is 5.92. The summed E-state index contributed by atoms with van der Waals surface area (Å²) in [6.07, 6.45) is 0.419. The maximum Gasteiger partial charge on any atom is 0.0725 e. The summed E-state index contributed by atoms with van der Waals surface area (Å²) in [6, 6.07) is 0.639. The van der Waals surface area contributed by atoms with Gasteiger partial charge in [0.05, 0.1) is 12.7 Å². The minimum absolute atomic E-state index is 0.419. The van der Waals surface area contributed by atoms with Crippen molar-refractivity contribution in [3.05, 3.63) is 0 Å². The third kappa shape index (κ3) is 3.25. The predicted octanol–water partition coefficient (Wildman–Crippen LogP) is 2.39. The lowest BCUT2D eigenvalue weighted by Gasteiger charge is -2.29. The van der Waals surface area contributed by atoms with Gasteiger partial charge in [-0.05, 0) is 25.7 Å². The lowest BCUT2D eigenvalue weighted by atomic mass is 10.1. The van der Waals surface area contributed by atoms with Crippen LogP contribution in [0.3, 0.4) is 0 Å². The van der Waals surface area contributed by atoms with Gasteiger partial charge in [-0.3, -0.25) is 4.90 Å². The molecule has 0 aromatic carbocycles. The van der Waals surface area contributed by atoms with Gasteiger partial charge in [0.2, 0.25) is 0 Å². The second kappa shape index (κ2) is 5.13. The Balaban J connectivity index is 2.59. The highest BCUT2D eigenvalue weighted by Gasteiger charge is 2.25. The number of nitrogens with zero attached hydrogens (tertiary/aromatic N) is 1. The van der Waals surface area contributed by atoms with Gasteiger partial charge in [-0.2, -0.15) is 0 Å². The van der Waals surface area contributed by atoms with Gasteiger partial charge in [0.15, 0.2) is 0 Å². The zero-order valence-corrected chi connectivity index (χ0v) is 10.3. The van der Waals surface area contributed by atoms with E-state index in [4.69, 9.17) is 4.74 Å². The van der Waals surface area contributed by atoms with E-state index in [1.807, 2.05) is 0 Å². The molecular weight excluding hydrogens is 174 g/mol. The van der Waals surface area contributed by atoms with Gasteiger partial charge >= 0.3 is 0 Å². The molecule has 0 amide bonds. The predicted molar refractivity (Wildman–Crippen MR) is 60.5 cm³/mol. The Morgan fingerprint density at radius 3 is 2.29 bits per heavy atom. The zero-order valence-electron chi connectivity index (χ0n) is 10.3. The van der Waals surface area contributed by atoms with Crippen LogP contribution in [-0.4, -0.2) is 36.7 Å². The Bertz CT molecular complexity index is 168. The minimum atomic E-state index is 0.419. The van der Waals surface area contributed by atoms with E-state index in [0.717, 1.165) is 13.2 Å². The molecule has 84 valence electrons. The van der Waals surface area contributed by atoms with Gasteiger partial charge in [0.25, 0.3) is 0 Å². The standard InChI is InChI=1S/C12H25NO/c1-9(2)12-7-13(10(3)4)6-11(5)8-14-12/h9-12H,6-8H2,1-5H3/t11-,12-/m0/s1. The fourth-order valence-corrected chi connectivity index (χ4v) is 1.92. The molecule has 0 aromatic rings. The SMILES string of the molecule is CC(C)[C@@H]1CN(C(C)C)C[C@H](C)CO1. The summed E-state index contributed by atoms with van der Waals surface area (Å²) in [5.41, 5.74) is 0.